The van der Waals surface area contributed by atoms with E-state index >= 15 is 0 Å². The Morgan fingerprint density at radius 1 is 1.26 bits per heavy atom. The third-order valence-electron chi connectivity index (χ3n) is 2.75. The van der Waals surface area contributed by atoms with Crippen molar-refractivity contribution in [2.45, 2.75) is 5.88 Å². The number of halogens is 3. The van der Waals surface area contributed by atoms with Crippen LogP contribution < -0.4 is 0 Å². The number of alkyl halides is 1. The minimum atomic E-state index is -0.404. The first kappa shape index (κ1) is 12.4. The van der Waals surface area contributed by atoms with Gasteiger partial charge in [0.15, 0.2) is 0 Å². The van der Waals surface area contributed by atoms with Gasteiger partial charge < -0.3 is 0 Å². The van der Waals surface area contributed by atoms with E-state index in [0.717, 1.165) is 5.52 Å². The molecule has 6 heteroatoms. The molecule has 0 N–H and O–H groups in total. The van der Waals surface area contributed by atoms with Gasteiger partial charge in [-0.3, -0.25) is 9.55 Å². The Labute approximate surface area is 118 Å². The van der Waals surface area contributed by atoms with E-state index in [9.17, 15) is 4.39 Å². The number of pyridine rings is 1. The fourth-order valence-electron chi connectivity index (χ4n) is 2.03. The predicted molar refractivity (Wildman–Crippen MR) is 73.4 cm³/mol. The first-order valence-corrected chi connectivity index (χ1v) is 6.44. The van der Waals surface area contributed by atoms with Gasteiger partial charge in [-0.05, 0) is 24.3 Å². The van der Waals surface area contributed by atoms with Crippen LogP contribution in [0.1, 0.15) is 5.82 Å². The molecule has 0 aliphatic carbocycles. The molecule has 96 valence electrons. The third-order valence-corrected chi connectivity index (χ3v) is 3.21. The molecule has 0 aliphatic rings. The zero-order chi connectivity index (χ0) is 13.4. The molecule has 0 fully saturated rings. The van der Waals surface area contributed by atoms with Gasteiger partial charge in [-0.25, -0.2) is 9.37 Å². The summed E-state index contributed by atoms with van der Waals surface area (Å²) >= 11 is 11.8. The zero-order valence-electron chi connectivity index (χ0n) is 9.65. The third kappa shape index (κ3) is 2.17. The van der Waals surface area contributed by atoms with Gasteiger partial charge in [0.2, 0.25) is 0 Å². The Bertz CT molecular complexity index is 734. The lowest BCUT2D eigenvalue weighted by molar-refractivity contribution is 0.626. The lowest BCUT2D eigenvalue weighted by Gasteiger charge is -2.08. The molecular formula is C13H8Cl2FN3. The maximum absolute atomic E-state index is 13.5. The smallest absolute Gasteiger partial charge is 0.129 e. The van der Waals surface area contributed by atoms with Gasteiger partial charge in [0.1, 0.15) is 17.2 Å². The first-order chi connectivity index (χ1) is 9.19. The molecule has 3 nitrogen and oxygen atoms in total. The summed E-state index contributed by atoms with van der Waals surface area (Å²) in [5.74, 6) is 0.424. The second-order valence-electron chi connectivity index (χ2n) is 3.99. The molecule has 2 aromatic heterocycles. The zero-order valence-corrected chi connectivity index (χ0v) is 11.2. The summed E-state index contributed by atoms with van der Waals surface area (Å²) in [6, 6.07) is 6.12. The largest absolute Gasteiger partial charge is 0.295 e. The molecule has 2 heterocycles. The van der Waals surface area contributed by atoms with Crippen molar-refractivity contribution in [3.63, 3.8) is 0 Å². The summed E-state index contributed by atoms with van der Waals surface area (Å²) < 4.78 is 15.3. The molecule has 0 saturated carbocycles. The average Bonchev–Trinajstić information content (AvgIpc) is 2.75. The van der Waals surface area contributed by atoms with E-state index < -0.39 is 5.82 Å². The van der Waals surface area contributed by atoms with E-state index in [1.807, 2.05) is 0 Å². The molecule has 0 radical (unpaired) electrons. The quantitative estimate of drug-likeness (QED) is 0.670. The van der Waals surface area contributed by atoms with Gasteiger partial charge in [0.05, 0.1) is 23.3 Å². The molecule has 3 rings (SSSR count). The fraction of sp³-hybridized carbons (Fsp3) is 0.0769. The Kier molecular flexibility index (Phi) is 3.12. The Balaban J connectivity index is 2.34. The van der Waals surface area contributed by atoms with Crippen LogP contribution in [0.2, 0.25) is 5.02 Å². The maximum Gasteiger partial charge on any atom is 0.129 e. The van der Waals surface area contributed by atoms with Gasteiger partial charge in [-0.15, -0.1) is 11.6 Å². The van der Waals surface area contributed by atoms with Crippen LogP contribution in [-0.4, -0.2) is 14.5 Å². The van der Waals surface area contributed by atoms with E-state index in [4.69, 9.17) is 23.2 Å². The van der Waals surface area contributed by atoms with Gasteiger partial charge in [0, 0.05) is 11.2 Å². The number of benzene rings is 1. The number of hydrogen-bond acceptors (Lipinski definition) is 2. The summed E-state index contributed by atoms with van der Waals surface area (Å²) in [4.78, 5) is 8.38. The number of rotatable bonds is 2. The summed E-state index contributed by atoms with van der Waals surface area (Å²) in [5.41, 5.74) is 2.11. The molecular weight excluding hydrogens is 288 g/mol. The molecule has 0 spiro atoms. The number of imidazole rings is 1. The Morgan fingerprint density at radius 2 is 2.11 bits per heavy atom. The van der Waals surface area contributed by atoms with Crippen molar-refractivity contribution in [3.8, 4) is 5.69 Å². The normalized spacial score (nSPS) is 11.1. The second-order valence-corrected chi connectivity index (χ2v) is 4.69. The monoisotopic (exact) mass is 295 g/mol. The molecule has 0 saturated heterocycles. The van der Waals surface area contributed by atoms with E-state index in [1.165, 1.54) is 12.1 Å². The van der Waals surface area contributed by atoms with Crippen LogP contribution >= 0.6 is 23.2 Å². The van der Waals surface area contributed by atoms with Crippen molar-refractivity contribution >= 4 is 34.2 Å². The van der Waals surface area contributed by atoms with Crippen LogP contribution in [0.15, 0.2) is 36.7 Å². The number of fused-ring (bicyclic) bond motifs is 1. The summed E-state index contributed by atoms with van der Waals surface area (Å²) in [6.45, 7) is 0. The lowest BCUT2D eigenvalue weighted by atomic mass is 10.3. The lowest BCUT2D eigenvalue weighted by Crippen LogP contribution is -2.00. The van der Waals surface area contributed by atoms with E-state index in [-0.39, 0.29) is 5.88 Å². The highest BCUT2D eigenvalue weighted by Crippen LogP contribution is 2.24. The molecule has 0 bridgehead atoms. The van der Waals surface area contributed by atoms with Crippen molar-refractivity contribution in [2.75, 3.05) is 0 Å². The highest BCUT2D eigenvalue weighted by molar-refractivity contribution is 6.30. The topological polar surface area (TPSA) is 30.7 Å². The predicted octanol–water partition coefficient (Wildman–Crippen LogP) is 3.95. The van der Waals surface area contributed by atoms with Crippen LogP contribution in [0.4, 0.5) is 4.39 Å². The Morgan fingerprint density at radius 3 is 2.84 bits per heavy atom. The van der Waals surface area contributed by atoms with Crippen molar-refractivity contribution in [1.82, 2.24) is 14.5 Å². The summed E-state index contributed by atoms with van der Waals surface area (Å²) in [5, 5.41) is 0.325. The van der Waals surface area contributed by atoms with Crippen LogP contribution in [0.3, 0.4) is 0 Å². The van der Waals surface area contributed by atoms with Gasteiger partial charge >= 0.3 is 0 Å². The summed E-state index contributed by atoms with van der Waals surface area (Å²) in [6.07, 6.45) is 3.29. The SMILES string of the molecule is Fc1cc(Cl)cc(-n2c(CCl)nc3cnccc32)c1. The molecule has 0 atom stereocenters. The average molecular weight is 296 g/mol. The molecule has 3 aromatic rings. The molecule has 0 aliphatic heterocycles. The van der Waals surface area contributed by atoms with Crippen LogP contribution in [-0.2, 0) is 5.88 Å². The molecule has 1 aromatic carbocycles. The fourth-order valence-corrected chi connectivity index (χ4v) is 2.42. The number of aromatic nitrogens is 3. The van der Waals surface area contributed by atoms with Crippen molar-refractivity contribution in [1.29, 1.82) is 0 Å². The van der Waals surface area contributed by atoms with Crippen molar-refractivity contribution < 1.29 is 4.39 Å². The van der Waals surface area contributed by atoms with Crippen molar-refractivity contribution in [2.24, 2.45) is 0 Å². The summed E-state index contributed by atoms with van der Waals surface area (Å²) in [7, 11) is 0. The molecule has 19 heavy (non-hydrogen) atoms. The van der Waals surface area contributed by atoms with Gasteiger partial charge in [0.25, 0.3) is 0 Å². The molecule has 0 amide bonds. The highest BCUT2D eigenvalue weighted by Gasteiger charge is 2.12. The van der Waals surface area contributed by atoms with Crippen molar-refractivity contribution in [3.05, 3.63) is 53.3 Å². The van der Waals surface area contributed by atoms with E-state index in [1.54, 1.807) is 29.1 Å². The van der Waals surface area contributed by atoms with Crippen LogP contribution in [0, 0.1) is 5.82 Å². The van der Waals surface area contributed by atoms with Gasteiger partial charge in [-0.2, -0.15) is 0 Å². The number of hydrogen-bond donors (Lipinski definition) is 0. The van der Waals surface area contributed by atoms with E-state index in [2.05, 4.69) is 9.97 Å². The maximum atomic E-state index is 13.5. The molecule has 0 unspecified atom stereocenters. The highest BCUT2D eigenvalue weighted by atomic mass is 35.5. The Hall–Kier alpha value is -1.65. The van der Waals surface area contributed by atoms with E-state index in [0.29, 0.717) is 22.1 Å². The second kappa shape index (κ2) is 4.79. The van der Waals surface area contributed by atoms with Crippen LogP contribution in [0.5, 0.6) is 0 Å². The minimum Gasteiger partial charge on any atom is -0.295 e. The van der Waals surface area contributed by atoms with Crippen LogP contribution in [0.25, 0.3) is 16.7 Å². The standard InChI is InChI=1S/C13H8Cl2FN3/c14-6-13-18-11-7-17-2-1-12(11)19(13)10-4-8(15)3-9(16)5-10/h1-5,7H,6H2. The first-order valence-electron chi connectivity index (χ1n) is 5.53. The van der Waals surface area contributed by atoms with Gasteiger partial charge in [-0.1, -0.05) is 11.6 Å². The minimum absolute atomic E-state index is 0.211. The number of nitrogens with zero attached hydrogens (tertiary/aromatic N) is 3.